The fourth-order valence-corrected chi connectivity index (χ4v) is 5.11. The molecular weight excluding hydrogens is 400 g/mol. The zero-order valence-corrected chi connectivity index (χ0v) is 19.3. The SMILES string of the molecule is CCN1c2cc(C)c(/C=C3/SC(=O)N([C@H](C)C(=O)OC)C3=O)cc2C(C)=CC1(C)C. The first-order chi connectivity index (χ1) is 14.0. The summed E-state index contributed by atoms with van der Waals surface area (Å²) in [4.78, 5) is 40.6. The Morgan fingerprint density at radius 1 is 1.27 bits per heavy atom. The number of methoxy groups -OCH3 is 1. The molecule has 0 aromatic heterocycles. The first-order valence-corrected chi connectivity index (χ1v) is 10.8. The Labute approximate surface area is 181 Å². The van der Waals surface area contributed by atoms with Crippen molar-refractivity contribution in [3.63, 3.8) is 0 Å². The van der Waals surface area contributed by atoms with Crippen molar-refractivity contribution in [2.45, 2.75) is 53.1 Å². The summed E-state index contributed by atoms with van der Waals surface area (Å²) in [7, 11) is 1.24. The molecule has 2 amide bonds. The number of aryl methyl sites for hydroxylation is 1. The minimum absolute atomic E-state index is 0.0769. The Morgan fingerprint density at radius 3 is 2.53 bits per heavy atom. The average Bonchev–Trinajstić information content (AvgIpc) is 2.94. The highest BCUT2D eigenvalue weighted by molar-refractivity contribution is 8.18. The smallest absolute Gasteiger partial charge is 0.328 e. The lowest BCUT2D eigenvalue weighted by atomic mass is 9.87. The summed E-state index contributed by atoms with van der Waals surface area (Å²) in [6.45, 7) is 13.0. The van der Waals surface area contributed by atoms with Crippen molar-refractivity contribution >= 4 is 46.2 Å². The molecule has 1 fully saturated rings. The number of thioether (sulfide) groups is 1. The Bertz CT molecular complexity index is 993. The van der Waals surface area contributed by atoms with Gasteiger partial charge in [-0.1, -0.05) is 6.08 Å². The number of likely N-dealkylation sites (N-methyl/N-ethyl adjacent to an activating group) is 1. The summed E-state index contributed by atoms with van der Waals surface area (Å²) in [5.41, 5.74) is 5.30. The number of hydrogen-bond donors (Lipinski definition) is 0. The fourth-order valence-electron chi connectivity index (χ4n) is 4.21. The van der Waals surface area contributed by atoms with Crippen molar-refractivity contribution in [3.8, 4) is 0 Å². The molecule has 7 heteroatoms. The number of rotatable bonds is 4. The van der Waals surface area contributed by atoms with Crippen LogP contribution in [0, 0.1) is 6.92 Å². The van der Waals surface area contributed by atoms with Gasteiger partial charge in [-0.15, -0.1) is 0 Å². The van der Waals surface area contributed by atoms with E-state index in [1.165, 1.54) is 25.3 Å². The van der Waals surface area contributed by atoms with E-state index >= 15 is 0 Å². The van der Waals surface area contributed by atoms with Gasteiger partial charge in [0.2, 0.25) is 0 Å². The monoisotopic (exact) mass is 428 g/mol. The van der Waals surface area contributed by atoms with Crippen LogP contribution in [0.4, 0.5) is 10.5 Å². The average molecular weight is 429 g/mol. The number of esters is 1. The lowest BCUT2D eigenvalue weighted by Crippen LogP contribution is -2.44. The van der Waals surface area contributed by atoms with E-state index < -0.39 is 23.2 Å². The first kappa shape index (κ1) is 22.2. The molecular formula is C23H28N2O4S. The zero-order chi connectivity index (χ0) is 22.4. The van der Waals surface area contributed by atoms with Gasteiger partial charge in [0.25, 0.3) is 11.1 Å². The van der Waals surface area contributed by atoms with Gasteiger partial charge in [-0.2, -0.15) is 0 Å². The molecule has 2 aliphatic rings. The van der Waals surface area contributed by atoms with Crippen molar-refractivity contribution in [1.29, 1.82) is 0 Å². The molecule has 1 atom stereocenters. The van der Waals surface area contributed by atoms with E-state index in [-0.39, 0.29) is 5.54 Å². The Hall–Kier alpha value is -2.54. The number of allylic oxidation sites excluding steroid dienone is 1. The maximum Gasteiger partial charge on any atom is 0.328 e. The predicted molar refractivity (Wildman–Crippen MR) is 121 cm³/mol. The number of benzene rings is 1. The molecule has 0 unspecified atom stereocenters. The normalized spacial score (nSPS) is 20.4. The Kier molecular flexibility index (Phi) is 5.87. The first-order valence-electron chi connectivity index (χ1n) is 9.98. The number of hydrogen-bond acceptors (Lipinski definition) is 6. The van der Waals surface area contributed by atoms with Crippen LogP contribution in [0.2, 0.25) is 0 Å². The Balaban J connectivity index is 2.02. The number of carbonyl (C=O) groups excluding carboxylic acids is 3. The number of anilines is 1. The van der Waals surface area contributed by atoms with Crippen molar-refractivity contribution in [3.05, 3.63) is 39.8 Å². The molecule has 0 aliphatic carbocycles. The summed E-state index contributed by atoms with van der Waals surface area (Å²) in [5.74, 6) is -1.09. The second-order valence-electron chi connectivity index (χ2n) is 8.20. The molecule has 3 rings (SSSR count). The van der Waals surface area contributed by atoms with Gasteiger partial charge in [-0.05, 0) is 88.2 Å². The topological polar surface area (TPSA) is 66.9 Å². The van der Waals surface area contributed by atoms with Crippen LogP contribution in [-0.4, -0.2) is 47.3 Å². The van der Waals surface area contributed by atoms with Gasteiger partial charge in [0.05, 0.1) is 17.6 Å². The fraction of sp³-hybridized carbons (Fsp3) is 0.435. The van der Waals surface area contributed by atoms with Crippen LogP contribution >= 0.6 is 11.8 Å². The summed E-state index contributed by atoms with van der Waals surface area (Å²) >= 11 is 0.850. The number of carbonyl (C=O) groups is 3. The van der Waals surface area contributed by atoms with Gasteiger partial charge in [0.15, 0.2) is 0 Å². The minimum Gasteiger partial charge on any atom is -0.467 e. The van der Waals surface area contributed by atoms with Crippen LogP contribution in [-0.2, 0) is 14.3 Å². The molecule has 0 bridgehead atoms. The summed E-state index contributed by atoms with van der Waals surface area (Å²) in [6.07, 6.45) is 4.00. The van der Waals surface area contributed by atoms with Crippen molar-refractivity contribution in [2.24, 2.45) is 0 Å². The highest BCUT2D eigenvalue weighted by Gasteiger charge is 2.41. The van der Waals surface area contributed by atoms with E-state index in [1.54, 1.807) is 6.08 Å². The van der Waals surface area contributed by atoms with Gasteiger partial charge in [-0.3, -0.25) is 14.5 Å². The molecule has 0 N–H and O–H groups in total. The molecule has 1 aromatic carbocycles. The molecule has 1 aromatic rings. The second kappa shape index (κ2) is 7.95. The van der Waals surface area contributed by atoms with Crippen LogP contribution < -0.4 is 4.90 Å². The molecule has 2 heterocycles. The quantitative estimate of drug-likeness (QED) is 0.515. The van der Waals surface area contributed by atoms with Crippen molar-refractivity contribution in [1.82, 2.24) is 4.90 Å². The molecule has 1 saturated heterocycles. The number of imide groups is 1. The third-order valence-electron chi connectivity index (χ3n) is 5.72. The van der Waals surface area contributed by atoms with E-state index in [0.717, 1.165) is 39.9 Å². The minimum atomic E-state index is -0.955. The van der Waals surface area contributed by atoms with E-state index in [4.69, 9.17) is 0 Å². The van der Waals surface area contributed by atoms with Gasteiger partial charge in [-0.25, -0.2) is 4.79 Å². The molecule has 0 radical (unpaired) electrons. The molecule has 0 spiro atoms. The molecule has 0 saturated carbocycles. The van der Waals surface area contributed by atoms with E-state index in [1.807, 2.05) is 6.92 Å². The van der Waals surface area contributed by atoms with Crippen LogP contribution in [0.5, 0.6) is 0 Å². The van der Waals surface area contributed by atoms with Crippen LogP contribution in [0.15, 0.2) is 23.1 Å². The standard InChI is InChI=1S/C23H28N2O4S/c1-8-24-18-9-13(2)16(10-17(18)14(3)12-23(24,5)6)11-19-20(26)25(22(28)30-19)15(4)21(27)29-7/h9-12,15H,8H2,1-7H3/b19-11+/t15-/m1/s1. The van der Waals surface area contributed by atoms with Gasteiger partial charge in [0.1, 0.15) is 6.04 Å². The van der Waals surface area contributed by atoms with Gasteiger partial charge < -0.3 is 9.64 Å². The van der Waals surface area contributed by atoms with Crippen LogP contribution in [0.25, 0.3) is 11.6 Å². The van der Waals surface area contributed by atoms with Gasteiger partial charge >= 0.3 is 5.97 Å². The maximum atomic E-state index is 12.8. The van der Waals surface area contributed by atoms with Crippen LogP contribution in [0.3, 0.4) is 0 Å². The highest BCUT2D eigenvalue weighted by atomic mass is 32.2. The predicted octanol–water partition coefficient (Wildman–Crippen LogP) is 4.61. The van der Waals surface area contributed by atoms with Crippen LogP contribution in [0.1, 0.15) is 51.3 Å². The highest BCUT2D eigenvalue weighted by Crippen LogP contribution is 2.41. The third-order valence-corrected chi connectivity index (χ3v) is 6.61. The molecule has 6 nitrogen and oxygen atoms in total. The number of ether oxygens (including phenoxy) is 1. The van der Waals surface area contributed by atoms with E-state index in [0.29, 0.717) is 4.91 Å². The maximum absolute atomic E-state index is 12.8. The number of nitrogens with zero attached hydrogens (tertiary/aromatic N) is 2. The van der Waals surface area contributed by atoms with E-state index in [9.17, 15) is 14.4 Å². The van der Waals surface area contributed by atoms with Crippen molar-refractivity contribution < 1.29 is 19.1 Å². The molecule has 160 valence electrons. The van der Waals surface area contributed by atoms with E-state index in [2.05, 4.69) is 55.5 Å². The Morgan fingerprint density at radius 2 is 1.93 bits per heavy atom. The summed E-state index contributed by atoms with van der Waals surface area (Å²) in [5, 5.41) is -0.463. The summed E-state index contributed by atoms with van der Waals surface area (Å²) in [6, 6.07) is 3.26. The van der Waals surface area contributed by atoms with Gasteiger partial charge in [0, 0.05) is 17.8 Å². The van der Waals surface area contributed by atoms with Crippen molar-refractivity contribution in [2.75, 3.05) is 18.6 Å². The second-order valence-corrected chi connectivity index (χ2v) is 9.20. The third kappa shape index (κ3) is 3.67. The molecule has 30 heavy (non-hydrogen) atoms. The number of amides is 2. The lowest BCUT2D eigenvalue weighted by molar-refractivity contribution is -0.148. The molecule has 2 aliphatic heterocycles. The number of fused-ring (bicyclic) bond motifs is 1. The lowest BCUT2D eigenvalue weighted by Gasteiger charge is -2.43. The zero-order valence-electron chi connectivity index (χ0n) is 18.5. The largest absolute Gasteiger partial charge is 0.467 e. The summed E-state index contributed by atoms with van der Waals surface area (Å²) < 4.78 is 4.68.